The van der Waals surface area contributed by atoms with Gasteiger partial charge in [0, 0.05) is 14.5 Å². The van der Waals surface area contributed by atoms with Gasteiger partial charge in [0.1, 0.15) is 5.75 Å². The fraction of sp³-hybridized carbons (Fsp3) is 0.188. The van der Waals surface area contributed by atoms with E-state index in [-0.39, 0.29) is 5.91 Å². The van der Waals surface area contributed by atoms with E-state index >= 15 is 0 Å². The maximum absolute atomic E-state index is 12.3. The third-order valence-corrected chi connectivity index (χ3v) is 3.64. The van der Waals surface area contributed by atoms with E-state index in [1.165, 1.54) is 0 Å². The van der Waals surface area contributed by atoms with Gasteiger partial charge >= 0.3 is 0 Å². The summed E-state index contributed by atoms with van der Waals surface area (Å²) >= 11 is 6.76. The Labute approximate surface area is 141 Å². The standard InChI is InChI=1S/C16H15Br2NO2/c1-2-7-21-15-6-4-3-5-14(15)19-16(20)11-8-12(17)10-13(18)9-11/h3-6,8-10H,2,7H2,1H3,(H,19,20). The van der Waals surface area contributed by atoms with E-state index < -0.39 is 0 Å². The highest BCUT2D eigenvalue weighted by Crippen LogP contribution is 2.26. The molecular formula is C16H15Br2NO2. The van der Waals surface area contributed by atoms with Gasteiger partial charge in [-0.15, -0.1) is 0 Å². The Bertz CT molecular complexity index is 624. The topological polar surface area (TPSA) is 38.3 Å². The molecule has 1 amide bonds. The molecule has 2 aromatic rings. The van der Waals surface area contributed by atoms with Crippen LogP contribution in [0.25, 0.3) is 0 Å². The number of rotatable bonds is 5. The molecule has 0 saturated carbocycles. The number of halogens is 2. The minimum absolute atomic E-state index is 0.176. The average molecular weight is 413 g/mol. The van der Waals surface area contributed by atoms with Crippen molar-refractivity contribution in [2.75, 3.05) is 11.9 Å². The van der Waals surface area contributed by atoms with Crippen LogP contribution in [0.3, 0.4) is 0 Å². The second kappa shape index (κ2) is 7.61. The highest BCUT2D eigenvalue weighted by atomic mass is 79.9. The van der Waals surface area contributed by atoms with Crippen LogP contribution in [-0.2, 0) is 0 Å². The summed E-state index contributed by atoms with van der Waals surface area (Å²) in [5.41, 5.74) is 1.24. The maximum atomic E-state index is 12.3. The Kier molecular flexibility index (Phi) is 5.82. The van der Waals surface area contributed by atoms with Crippen LogP contribution in [-0.4, -0.2) is 12.5 Å². The van der Waals surface area contributed by atoms with Crippen LogP contribution < -0.4 is 10.1 Å². The molecule has 0 fully saturated rings. The molecule has 1 N–H and O–H groups in total. The fourth-order valence-electron chi connectivity index (χ4n) is 1.79. The van der Waals surface area contributed by atoms with E-state index in [0.29, 0.717) is 23.6 Å². The molecule has 0 spiro atoms. The number of hydrogen-bond acceptors (Lipinski definition) is 2. The first kappa shape index (κ1) is 16.0. The lowest BCUT2D eigenvalue weighted by molar-refractivity contribution is 0.102. The summed E-state index contributed by atoms with van der Waals surface area (Å²) in [6.45, 7) is 2.66. The zero-order valence-electron chi connectivity index (χ0n) is 11.5. The molecule has 5 heteroatoms. The first-order valence-electron chi connectivity index (χ1n) is 6.59. The molecule has 21 heavy (non-hydrogen) atoms. The highest BCUT2D eigenvalue weighted by Gasteiger charge is 2.11. The number of benzene rings is 2. The van der Waals surface area contributed by atoms with Crippen molar-refractivity contribution in [3.8, 4) is 5.75 Å². The summed E-state index contributed by atoms with van der Waals surface area (Å²) in [6.07, 6.45) is 0.918. The SMILES string of the molecule is CCCOc1ccccc1NC(=O)c1cc(Br)cc(Br)c1. The number of ether oxygens (including phenoxy) is 1. The predicted octanol–water partition coefficient (Wildman–Crippen LogP) is 5.25. The van der Waals surface area contributed by atoms with Gasteiger partial charge in [-0.25, -0.2) is 0 Å². The number of carbonyl (C=O) groups is 1. The Morgan fingerprint density at radius 2 is 1.81 bits per heavy atom. The van der Waals surface area contributed by atoms with E-state index in [9.17, 15) is 4.79 Å². The smallest absolute Gasteiger partial charge is 0.255 e. The van der Waals surface area contributed by atoms with Crippen LogP contribution in [0.1, 0.15) is 23.7 Å². The third-order valence-electron chi connectivity index (χ3n) is 2.72. The van der Waals surface area contributed by atoms with Gasteiger partial charge in [0.05, 0.1) is 12.3 Å². The largest absolute Gasteiger partial charge is 0.491 e. The van der Waals surface area contributed by atoms with Crippen molar-refractivity contribution in [3.05, 3.63) is 57.0 Å². The molecule has 0 heterocycles. The second-order valence-corrected chi connectivity index (χ2v) is 6.29. The molecule has 2 aromatic carbocycles. The third kappa shape index (κ3) is 4.58. The van der Waals surface area contributed by atoms with Gasteiger partial charge in [-0.1, -0.05) is 50.9 Å². The number of carbonyl (C=O) groups excluding carboxylic acids is 1. The van der Waals surface area contributed by atoms with E-state index in [4.69, 9.17) is 4.74 Å². The molecule has 3 nitrogen and oxygen atoms in total. The summed E-state index contributed by atoms with van der Waals surface area (Å²) in [5, 5.41) is 2.88. The van der Waals surface area contributed by atoms with Gasteiger partial charge in [0.25, 0.3) is 5.91 Å². The Balaban J connectivity index is 2.19. The second-order valence-electron chi connectivity index (χ2n) is 4.46. The number of amides is 1. The molecule has 0 aliphatic carbocycles. The molecule has 0 bridgehead atoms. The molecule has 0 atom stereocenters. The van der Waals surface area contributed by atoms with Gasteiger partial charge in [-0.3, -0.25) is 4.79 Å². The Hall–Kier alpha value is -1.33. The van der Waals surface area contributed by atoms with E-state index in [1.807, 2.05) is 37.3 Å². The molecule has 0 aromatic heterocycles. The molecule has 0 aliphatic rings. The summed E-state index contributed by atoms with van der Waals surface area (Å²) in [6, 6.07) is 12.9. The van der Waals surface area contributed by atoms with Crippen molar-refractivity contribution in [1.82, 2.24) is 0 Å². The predicted molar refractivity (Wildman–Crippen MR) is 92.0 cm³/mol. The van der Waals surface area contributed by atoms with Crippen LogP contribution in [0, 0.1) is 0 Å². The van der Waals surface area contributed by atoms with Crippen LogP contribution in [0.2, 0.25) is 0 Å². The highest BCUT2D eigenvalue weighted by molar-refractivity contribution is 9.11. The lowest BCUT2D eigenvalue weighted by Crippen LogP contribution is -2.13. The zero-order chi connectivity index (χ0) is 15.2. The summed E-state index contributed by atoms with van der Waals surface area (Å²) < 4.78 is 7.33. The normalized spacial score (nSPS) is 10.2. The molecule has 110 valence electrons. The number of nitrogens with one attached hydrogen (secondary N) is 1. The van der Waals surface area contributed by atoms with Crippen LogP contribution in [0.5, 0.6) is 5.75 Å². The van der Waals surface area contributed by atoms with E-state index in [1.54, 1.807) is 12.1 Å². The van der Waals surface area contributed by atoms with Crippen molar-refractivity contribution >= 4 is 43.5 Å². The van der Waals surface area contributed by atoms with Crippen molar-refractivity contribution in [3.63, 3.8) is 0 Å². The average Bonchev–Trinajstić information content (AvgIpc) is 2.45. The van der Waals surface area contributed by atoms with Crippen LogP contribution >= 0.6 is 31.9 Å². The van der Waals surface area contributed by atoms with E-state index in [2.05, 4.69) is 37.2 Å². The molecule has 0 radical (unpaired) electrons. The first-order valence-corrected chi connectivity index (χ1v) is 8.18. The molecular weight excluding hydrogens is 398 g/mol. The van der Waals surface area contributed by atoms with Crippen LogP contribution in [0.15, 0.2) is 51.4 Å². The van der Waals surface area contributed by atoms with Crippen LogP contribution in [0.4, 0.5) is 5.69 Å². The van der Waals surface area contributed by atoms with E-state index in [0.717, 1.165) is 15.4 Å². The number of anilines is 1. The van der Waals surface area contributed by atoms with Gasteiger partial charge in [0.2, 0.25) is 0 Å². The van der Waals surface area contributed by atoms with Crippen molar-refractivity contribution in [2.45, 2.75) is 13.3 Å². The minimum Gasteiger partial charge on any atom is -0.491 e. The molecule has 0 saturated heterocycles. The maximum Gasteiger partial charge on any atom is 0.255 e. The summed E-state index contributed by atoms with van der Waals surface area (Å²) in [4.78, 5) is 12.3. The fourth-order valence-corrected chi connectivity index (χ4v) is 3.08. The number of hydrogen-bond donors (Lipinski definition) is 1. The quantitative estimate of drug-likeness (QED) is 0.727. The Morgan fingerprint density at radius 3 is 2.48 bits per heavy atom. The van der Waals surface area contributed by atoms with Crippen molar-refractivity contribution in [2.24, 2.45) is 0 Å². The van der Waals surface area contributed by atoms with Gasteiger partial charge in [0.15, 0.2) is 0 Å². The van der Waals surface area contributed by atoms with Crippen molar-refractivity contribution in [1.29, 1.82) is 0 Å². The molecule has 0 aliphatic heterocycles. The van der Waals surface area contributed by atoms with Gasteiger partial charge < -0.3 is 10.1 Å². The van der Waals surface area contributed by atoms with Gasteiger partial charge in [-0.05, 0) is 36.8 Å². The minimum atomic E-state index is -0.176. The zero-order valence-corrected chi connectivity index (χ0v) is 14.7. The Morgan fingerprint density at radius 1 is 1.14 bits per heavy atom. The summed E-state index contributed by atoms with van der Waals surface area (Å²) in [5.74, 6) is 0.506. The monoisotopic (exact) mass is 411 g/mol. The first-order chi connectivity index (χ1) is 10.1. The lowest BCUT2D eigenvalue weighted by atomic mass is 10.2. The van der Waals surface area contributed by atoms with Gasteiger partial charge in [-0.2, -0.15) is 0 Å². The van der Waals surface area contributed by atoms with Crippen molar-refractivity contribution < 1.29 is 9.53 Å². The summed E-state index contributed by atoms with van der Waals surface area (Å²) in [7, 11) is 0. The number of para-hydroxylation sites is 2. The lowest BCUT2D eigenvalue weighted by Gasteiger charge is -2.12. The molecule has 2 rings (SSSR count). The molecule has 0 unspecified atom stereocenters.